The summed E-state index contributed by atoms with van der Waals surface area (Å²) in [4.78, 5) is 10.5. The number of alkyl halides is 3. The highest BCUT2D eigenvalue weighted by atomic mass is 32.2. The summed E-state index contributed by atoms with van der Waals surface area (Å²) in [5.41, 5.74) is -0.726. The molecule has 1 aromatic heterocycles. The van der Waals surface area contributed by atoms with Crippen molar-refractivity contribution in [3.63, 3.8) is 0 Å². The summed E-state index contributed by atoms with van der Waals surface area (Å²) in [5, 5.41) is 11.9. The third kappa shape index (κ3) is 3.88. The van der Waals surface area contributed by atoms with Gasteiger partial charge in [0.05, 0.1) is 33.4 Å². The molecule has 29 heavy (non-hydrogen) atoms. The number of aliphatic carboxylic acids is 1. The van der Waals surface area contributed by atoms with Crippen LogP contribution in [0.4, 0.5) is 13.2 Å². The Morgan fingerprint density at radius 1 is 1.28 bits per heavy atom. The van der Waals surface area contributed by atoms with Crippen molar-refractivity contribution in [3.05, 3.63) is 36.0 Å². The zero-order valence-corrected chi connectivity index (χ0v) is 16.4. The number of carboxylic acid groups (broad SMARTS) is 1. The lowest BCUT2D eigenvalue weighted by Crippen LogP contribution is -2.24. The fourth-order valence-electron chi connectivity index (χ4n) is 3.72. The van der Waals surface area contributed by atoms with Gasteiger partial charge in [0.1, 0.15) is 0 Å². The van der Waals surface area contributed by atoms with Crippen LogP contribution in [-0.4, -0.2) is 47.7 Å². The average Bonchev–Trinajstić information content (AvgIpc) is 3.27. The molecule has 0 unspecified atom stereocenters. The Morgan fingerprint density at radius 2 is 1.97 bits per heavy atom. The molecular formula is C18H19F3N2O5S. The second kappa shape index (κ2) is 7.45. The Balaban J connectivity index is 2.08. The number of methoxy groups -OCH3 is 1. The molecule has 1 aliphatic rings. The van der Waals surface area contributed by atoms with Crippen LogP contribution in [0.25, 0.3) is 11.3 Å². The van der Waals surface area contributed by atoms with E-state index < -0.39 is 49.7 Å². The van der Waals surface area contributed by atoms with Crippen molar-refractivity contribution >= 4 is 15.8 Å². The molecule has 2 aromatic rings. The van der Waals surface area contributed by atoms with Gasteiger partial charge in [0, 0.05) is 25.9 Å². The summed E-state index contributed by atoms with van der Waals surface area (Å²) in [6.07, 6.45) is -4.87. The van der Waals surface area contributed by atoms with Crippen LogP contribution in [0.5, 0.6) is 0 Å². The Bertz CT molecular complexity index is 1030. The SMILES string of the molecule is CO[C@H]1C[C@@H](S(=O)(=O)c2ccc(-c3ccnn3C)cc2C(F)(F)F)C[C@@H]1C(=O)O. The predicted molar refractivity (Wildman–Crippen MR) is 95.8 cm³/mol. The van der Waals surface area contributed by atoms with E-state index in [0.717, 1.165) is 12.1 Å². The Labute approximate surface area is 165 Å². The minimum absolute atomic E-state index is 0.167. The van der Waals surface area contributed by atoms with E-state index in [1.165, 1.54) is 30.1 Å². The second-order valence-corrected chi connectivity index (χ2v) is 9.10. The first-order valence-corrected chi connectivity index (χ1v) is 10.2. The number of aryl methyl sites for hydroxylation is 1. The van der Waals surface area contributed by atoms with Gasteiger partial charge in [-0.3, -0.25) is 9.48 Å². The maximum atomic E-state index is 13.7. The number of hydrogen-bond donors (Lipinski definition) is 1. The number of benzene rings is 1. The lowest BCUT2D eigenvalue weighted by atomic mass is 10.1. The Hall–Kier alpha value is -2.40. The highest BCUT2D eigenvalue weighted by Crippen LogP contribution is 2.41. The highest BCUT2D eigenvalue weighted by molar-refractivity contribution is 7.92. The number of sulfone groups is 1. The molecule has 0 bridgehead atoms. The molecule has 1 fully saturated rings. The van der Waals surface area contributed by atoms with Gasteiger partial charge in [-0.2, -0.15) is 18.3 Å². The number of hydrogen-bond acceptors (Lipinski definition) is 5. The molecule has 3 rings (SSSR count). The average molecular weight is 432 g/mol. The molecule has 11 heteroatoms. The van der Waals surface area contributed by atoms with Gasteiger partial charge in [-0.1, -0.05) is 6.07 Å². The first kappa shape index (κ1) is 21.3. The maximum Gasteiger partial charge on any atom is 0.417 e. The smallest absolute Gasteiger partial charge is 0.417 e. The normalized spacial score (nSPS) is 22.7. The number of nitrogens with zero attached hydrogens (tertiary/aromatic N) is 2. The summed E-state index contributed by atoms with van der Waals surface area (Å²) < 4.78 is 73.7. The minimum atomic E-state index is -4.91. The van der Waals surface area contributed by atoms with Crippen molar-refractivity contribution in [1.29, 1.82) is 0 Å². The third-order valence-electron chi connectivity index (χ3n) is 5.23. The Morgan fingerprint density at radius 3 is 2.45 bits per heavy atom. The van der Waals surface area contributed by atoms with Crippen molar-refractivity contribution in [2.75, 3.05) is 7.11 Å². The van der Waals surface area contributed by atoms with Crippen LogP contribution < -0.4 is 0 Å². The number of carbonyl (C=O) groups is 1. The Kier molecular flexibility index (Phi) is 5.48. The molecule has 1 saturated carbocycles. The standard InChI is InChI=1S/C18H19F3N2O5S/c1-23-14(5-6-22-23)10-3-4-16(13(7-10)18(19,20)21)29(26,27)11-8-12(17(24)25)15(9-11)28-2/h3-7,11-12,15H,8-9H2,1-2H3,(H,24,25)/t11-,12-,15-/m0/s1. The van der Waals surface area contributed by atoms with E-state index in [1.807, 2.05) is 0 Å². The summed E-state index contributed by atoms with van der Waals surface area (Å²) >= 11 is 0. The minimum Gasteiger partial charge on any atom is -0.481 e. The van der Waals surface area contributed by atoms with Crippen LogP contribution in [0.15, 0.2) is 35.4 Å². The first-order chi connectivity index (χ1) is 13.5. The molecular weight excluding hydrogens is 413 g/mol. The predicted octanol–water partition coefficient (Wildman–Crippen LogP) is 2.76. The topological polar surface area (TPSA) is 98.5 Å². The fraction of sp³-hybridized carbons (Fsp3) is 0.444. The summed E-state index contributed by atoms with van der Waals surface area (Å²) in [6, 6.07) is 4.51. The number of rotatable bonds is 5. The van der Waals surface area contributed by atoms with E-state index in [0.29, 0.717) is 5.69 Å². The first-order valence-electron chi connectivity index (χ1n) is 8.66. The van der Waals surface area contributed by atoms with Gasteiger partial charge in [-0.05, 0) is 31.0 Å². The van der Waals surface area contributed by atoms with Gasteiger partial charge >= 0.3 is 12.1 Å². The molecule has 0 amide bonds. The van der Waals surface area contributed by atoms with Crippen LogP contribution in [-0.2, 0) is 32.6 Å². The van der Waals surface area contributed by atoms with Crippen molar-refractivity contribution in [1.82, 2.24) is 9.78 Å². The third-order valence-corrected chi connectivity index (χ3v) is 7.46. The lowest BCUT2D eigenvalue weighted by molar-refractivity contribution is -0.145. The van der Waals surface area contributed by atoms with Crippen LogP contribution in [0.2, 0.25) is 0 Å². The number of aromatic nitrogens is 2. The summed E-state index contributed by atoms with van der Waals surface area (Å²) in [6.45, 7) is 0. The molecule has 1 heterocycles. The van der Waals surface area contributed by atoms with E-state index in [4.69, 9.17) is 4.74 Å². The zero-order valence-electron chi connectivity index (χ0n) is 15.5. The summed E-state index contributed by atoms with van der Waals surface area (Å²) in [5.74, 6) is -2.33. The number of carboxylic acids is 1. The van der Waals surface area contributed by atoms with Crippen molar-refractivity contribution < 1.29 is 36.2 Å². The van der Waals surface area contributed by atoms with Crippen LogP contribution in [0.3, 0.4) is 0 Å². The largest absolute Gasteiger partial charge is 0.481 e. The summed E-state index contributed by atoms with van der Waals surface area (Å²) in [7, 11) is -1.64. The molecule has 1 aliphatic carbocycles. The van der Waals surface area contributed by atoms with Gasteiger partial charge in [-0.25, -0.2) is 8.42 Å². The highest BCUT2D eigenvalue weighted by Gasteiger charge is 2.47. The van der Waals surface area contributed by atoms with Gasteiger partial charge in [0.25, 0.3) is 0 Å². The second-order valence-electron chi connectivity index (χ2n) is 6.91. The lowest BCUT2D eigenvalue weighted by Gasteiger charge is -2.18. The van der Waals surface area contributed by atoms with E-state index >= 15 is 0 Å². The molecule has 1 N–H and O–H groups in total. The van der Waals surface area contributed by atoms with Gasteiger partial charge in [-0.15, -0.1) is 0 Å². The van der Waals surface area contributed by atoms with E-state index in [9.17, 15) is 31.5 Å². The van der Waals surface area contributed by atoms with Crippen LogP contribution in [0.1, 0.15) is 18.4 Å². The van der Waals surface area contributed by atoms with Gasteiger partial charge in [0.15, 0.2) is 9.84 Å². The van der Waals surface area contributed by atoms with Crippen molar-refractivity contribution in [2.45, 2.75) is 35.3 Å². The quantitative estimate of drug-likeness (QED) is 0.780. The molecule has 0 radical (unpaired) electrons. The van der Waals surface area contributed by atoms with E-state index in [1.54, 1.807) is 7.05 Å². The van der Waals surface area contributed by atoms with Gasteiger partial charge in [0.2, 0.25) is 0 Å². The van der Waals surface area contributed by atoms with Crippen molar-refractivity contribution in [2.24, 2.45) is 13.0 Å². The molecule has 1 aromatic carbocycles. The fourth-order valence-corrected chi connectivity index (χ4v) is 5.73. The molecule has 0 saturated heterocycles. The maximum absolute atomic E-state index is 13.7. The number of halogens is 3. The molecule has 7 nitrogen and oxygen atoms in total. The van der Waals surface area contributed by atoms with Crippen LogP contribution in [0, 0.1) is 5.92 Å². The van der Waals surface area contributed by atoms with E-state index in [2.05, 4.69) is 5.10 Å². The van der Waals surface area contributed by atoms with Crippen LogP contribution >= 0.6 is 0 Å². The monoisotopic (exact) mass is 432 g/mol. The van der Waals surface area contributed by atoms with E-state index in [-0.39, 0.29) is 18.4 Å². The molecule has 158 valence electrons. The zero-order chi connectivity index (χ0) is 21.6. The molecule has 0 aliphatic heterocycles. The molecule has 0 spiro atoms. The van der Waals surface area contributed by atoms with Gasteiger partial charge < -0.3 is 9.84 Å². The molecule has 3 atom stereocenters. The van der Waals surface area contributed by atoms with Crippen molar-refractivity contribution in [3.8, 4) is 11.3 Å². The number of ether oxygens (including phenoxy) is 1.